The number of nitrogens with one attached hydrogen (secondary N) is 2. The zero-order valence-electron chi connectivity index (χ0n) is 10.9. The van der Waals surface area contributed by atoms with Crippen LogP contribution in [0.15, 0.2) is 21.0 Å². The normalized spacial score (nSPS) is 18.8. The molecule has 1 aromatic rings. The minimum atomic E-state index is -0.0719. The summed E-state index contributed by atoms with van der Waals surface area (Å²) < 4.78 is 0. The molecule has 3 rings (SSSR count). The average molecular weight is 259 g/mol. The number of guanidine groups is 1. The first kappa shape index (κ1) is 12.1. The van der Waals surface area contributed by atoms with Crippen LogP contribution in [0.2, 0.25) is 0 Å². The van der Waals surface area contributed by atoms with Gasteiger partial charge in [-0.15, -0.1) is 0 Å². The maximum absolute atomic E-state index is 11.8. The SMILES string of the molecule is Cc1c[nH]c(=O)c2c1N=C(N1CCNCC1)N=CC2. The third-order valence-electron chi connectivity index (χ3n) is 3.47. The molecule has 1 saturated heterocycles. The van der Waals surface area contributed by atoms with Gasteiger partial charge < -0.3 is 15.2 Å². The summed E-state index contributed by atoms with van der Waals surface area (Å²) >= 11 is 0. The summed E-state index contributed by atoms with van der Waals surface area (Å²) in [6, 6.07) is 0. The van der Waals surface area contributed by atoms with Crippen molar-refractivity contribution in [3.63, 3.8) is 0 Å². The van der Waals surface area contributed by atoms with Crippen LogP contribution in [0, 0.1) is 6.92 Å². The highest BCUT2D eigenvalue weighted by Crippen LogP contribution is 2.23. The van der Waals surface area contributed by atoms with Gasteiger partial charge in [-0.1, -0.05) is 0 Å². The van der Waals surface area contributed by atoms with Gasteiger partial charge in [0.1, 0.15) is 0 Å². The standard InChI is InChI=1S/C13H17N5O/c1-9-8-16-12(19)10-2-3-15-13(17-11(9)10)18-6-4-14-5-7-18/h3,8,14H,2,4-7H2,1H3,(H,16,19). The molecule has 6 heteroatoms. The molecule has 0 bridgehead atoms. The number of hydrogen-bond acceptors (Lipinski definition) is 5. The molecule has 0 aliphatic carbocycles. The molecule has 3 heterocycles. The Hall–Kier alpha value is -1.95. The minimum Gasteiger partial charge on any atom is -0.338 e. The smallest absolute Gasteiger partial charge is 0.253 e. The molecule has 0 radical (unpaired) electrons. The number of aromatic nitrogens is 1. The Kier molecular flexibility index (Phi) is 3.16. The molecule has 0 unspecified atom stereocenters. The number of nitrogens with zero attached hydrogens (tertiary/aromatic N) is 3. The van der Waals surface area contributed by atoms with E-state index in [1.807, 2.05) is 6.92 Å². The largest absolute Gasteiger partial charge is 0.338 e. The second-order valence-corrected chi connectivity index (χ2v) is 4.79. The van der Waals surface area contributed by atoms with Crippen LogP contribution >= 0.6 is 0 Å². The molecule has 2 aliphatic rings. The maximum atomic E-state index is 11.8. The van der Waals surface area contributed by atoms with Crippen LogP contribution in [0.4, 0.5) is 5.69 Å². The molecule has 6 nitrogen and oxygen atoms in total. The fourth-order valence-corrected chi connectivity index (χ4v) is 2.38. The highest BCUT2D eigenvalue weighted by Gasteiger charge is 2.18. The van der Waals surface area contributed by atoms with E-state index in [9.17, 15) is 4.79 Å². The molecule has 0 amide bonds. The van der Waals surface area contributed by atoms with Crippen molar-refractivity contribution in [2.45, 2.75) is 13.3 Å². The van der Waals surface area contributed by atoms with Crippen LogP contribution in [0.25, 0.3) is 0 Å². The van der Waals surface area contributed by atoms with E-state index in [4.69, 9.17) is 0 Å². The van der Waals surface area contributed by atoms with Gasteiger partial charge in [-0.05, 0) is 12.5 Å². The lowest BCUT2D eigenvalue weighted by atomic mass is 10.1. The molecule has 0 atom stereocenters. The third-order valence-corrected chi connectivity index (χ3v) is 3.47. The summed E-state index contributed by atoms with van der Waals surface area (Å²) in [6.07, 6.45) is 4.03. The molecule has 1 aromatic heterocycles. The number of aliphatic imine (C=N–C) groups is 2. The van der Waals surface area contributed by atoms with Gasteiger partial charge in [0.05, 0.1) is 5.69 Å². The number of piperazine rings is 1. The van der Waals surface area contributed by atoms with E-state index >= 15 is 0 Å². The predicted octanol–water partition coefficient (Wildman–Crippen LogP) is 0.203. The zero-order chi connectivity index (χ0) is 13.2. The Balaban J connectivity index is 2.04. The monoisotopic (exact) mass is 259 g/mol. The molecule has 2 aliphatic heterocycles. The van der Waals surface area contributed by atoms with Crippen molar-refractivity contribution in [3.05, 3.63) is 27.7 Å². The number of fused-ring (bicyclic) bond motifs is 1. The second-order valence-electron chi connectivity index (χ2n) is 4.79. The summed E-state index contributed by atoms with van der Waals surface area (Å²) in [5, 5.41) is 3.31. The van der Waals surface area contributed by atoms with Gasteiger partial charge in [-0.3, -0.25) is 4.79 Å². The average Bonchev–Trinajstić information content (AvgIpc) is 2.68. The van der Waals surface area contributed by atoms with Crippen LogP contribution in [0.3, 0.4) is 0 Å². The molecule has 0 saturated carbocycles. The van der Waals surface area contributed by atoms with Crippen LogP contribution in [0.5, 0.6) is 0 Å². The molecule has 0 spiro atoms. The van der Waals surface area contributed by atoms with Gasteiger partial charge in [0.25, 0.3) is 5.56 Å². The molecule has 19 heavy (non-hydrogen) atoms. The van der Waals surface area contributed by atoms with Crippen molar-refractivity contribution in [3.8, 4) is 0 Å². The van der Waals surface area contributed by atoms with E-state index in [-0.39, 0.29) is 5.56 Å². The van der Waals surface area contributed by atoms with Gasteiger partial charge in [0.2, 0.25) is 5.96 Å². The van der Waals surface area contributed by atoms with E-state index in [0.717, 1.165) is 37.4 Å². The Morgan fingerprint density at radius 1 is 1.32 bits per heavy atom. The number of rotatable bonds is 0. The van der Waals surface area contributed by atoms with Crippen LogP contribution in [-0.2, 0) is 6.42 Å². The number of aromatic amines is 1. The summed E-state index contributed by atoms with van der Waals surface area (Å²) in [7, 11) is 0. The minimum absolute atomic E-state index is 0.0719. The van der Waals surface area contributed by atoms with E-state index in [1.165, 1.54) is 0 Å². The number of aryl methyl sites for hydroxylation is 1. The fourth-order valence-electron chi connectivity index (χ4n) is 2.38. The van der Waals surface area contributed by atoms with Crippen molar-refractivity contribution in [1.29, 1.82) is 0 Å². The summed E-state index contributed by atoms with van der Waals surface area (Å²) in [5.74, 6) is 0.717. The second kappa shape index (κ2) is 4.97. The summed E-state index contributed by atoms with van der Waals surface area (Å²) in [5.41, 5.74) is 2.38. The molecular weight excluding hydrogens is 242 g/mol. The van der Waals surface area contributed by atoms with Crippen molar-refractivity contribution >= 4 is 17.9 Å². The topological polar surface area (TPSA) is 72.8 Å². The zero-order valence-corrected chi connectivity index (χ0v) is 10.9. The van der Waals surface area contributed by atoms with Crippen molar-refractivity contribution < 1.29 is 0 Å². The van der Waals surface area contributed by atoms with Gasteiger partial charge in [0, 0.05) is 50.6 Å². The molecule has 100 valence electrons. The Morgan fingerprint density at radius 2 is 2.11 bits per heavy atom. The van der Waals surface area contributed by atoms with Crippen molar-refractivity contribution in [2.75, 3.05) is 26.2 Å². The van der Waals surface area contributed by atoms with Crippen molar-refractivity contribution in [2.24, 2.45) is 9.98 Å². The first-order valence-corrected chi connectivity index (χ1v) is 6.54. The highest BCUT2D eigenvalue weighted by molar-refractivity contribution is 5.92. The van der Waals surface area contributed by atoms with Gasteiger partial charge >= 0.3 is 0 Å². The van der Waals surface area contributed by atoms with E-state index in [1.54, 1.807) is 12.4 Å². The Labute approximate surface area is 111 Å². The number of hydrogen-bond donors (Lipinski definition) is 2. The number of pyridine rings is 1. The lowest BCUT2D eigenvalue weighted by Gasteiger charge is -2.28. The first-order valence-electron chi connectivity index (χ1n) is 6.54. The van der Waals surface area contributed by atoms with E-state index in [2.05, 4.69) is 25.2 Å². The molecule has 1 fully saturated rings. The first-order chi connectivity index (χ1) is 9.25. The molecule has 0 aromatic carbocycles. The predicted molar refractivity (Wildman–Crippen MR) is 75.5 cm³/mol. The van der Waals surface area contributed by atoms with Crippen LogP contribution in [0.1, 0.15) is 11.1 Å². The molecular formula is C13H17N5O. The van der Waals surface area contributed by atoms with Gasteiger partial charge in [0.15, 0.2) is 0 Å². The highest BCUT2D eigenvalue weighted by atomic mass is 16.1. The lowest BCUT2D eigenvalue weighted by molar-refractivity contribution is 0.354. The Morgan fingerprint density at radius 3 is 2.89 bits per heavy atom. The van der Waals surface area contributed by atoms with E-state index < -0.39 is 0 Å². The quantitative estimate of drug-likeness (QED) is 0.699. The van der Waals surface area contributed by atoms with Crippen molar-refractivity contribution in [1.82, 2.24) is 15.2 Å². The van der Waals surface area contributed by atoms with Crippen LogP contribution < -0.4 is 10.9 Å². The van der Waals surface area contributed by atoms with Gasteiger partial charge in [-0.2, -0.15) is 0 Å². The summed E-state index contributed by atoms with van der Waals surface area (Å²) in [6.45, 7) is 5.63. The maximum Gasteiger partial charge on any atom is 0.253 e. The van der Waals surface area contributed by atoms with Crippen LogP contribution in [-0.4, -0.2) is 48.2 Å². The number of H-pyrrole nitrogens is 1. The lowest BCUT2D eigenvalue weighted by Crippen LogP contribution is -2.45. The third kappa shape index (κ3) is 2.31. The van der Waals surface area contributed by atoms with E-state index in [0.29, 0.717) is 17.9 Å². The van der Waals surface area contributed by atoms with Gasteiger partial charge in [-0.25, -0.2) is 9.98 Å². The fraction of sp³-hybridized carbons (Fsp3) is 0.462. The molecule has 2 N–H and O–H groups in total. The summed E-state index contributed by atoms with van der Waals surface area (Å²) in [4.78, 5) is 25.8. The Bertz CT molecular complexity index is 596.